The van der Waals surface area contributed by atoms with Crippen LogP contribution in [0, 0.1) is 6.92 Å². The van der Waals surface area contributed by atoms with Crippen molar-refractivity contribution >= 4 is 11.6 Å². The molecule has 0 N–H and O–H groups in total. The van der Waals surface area contributed by atoms with Gasteiger partial charge in [-0.2, -0.15) is 0 Å². The summed E-state index contributed by atoms with van der Waals surface area (Å²) in [7, 11) is 3.83. The van der Waals surface area contributed by atoms with Gasteiger partial charge in [0.15, 0.2) is 0 Å². The summed E-state index contributed by atoms with van der Waals surface area (Å²) in [5, 5.41) is 0. The Kier molecular flexibility index (Phi) is 5.41. The zero-order valence-corrected chi connectivity index (χ0v) is 17.5. The maximum atomic E-state index is 12.9. The average Bonchev–Trinajstić information content (AvgIpc) is 3.20. The summed E-state index contributed by atoms with van der Waals surface area (Å²) in [6.45, 7) is 7.63. The molecule has 2 fully saturated rings. The first-order chi connectivity index (χ1) is 13.9. The van der Waals surface area contributed by atoms with E-state index in [0.717, 1.165) is 44.0 Å². The number of hydrogen-bond donors (Lipinski definition) is 0. The molecule has 4 heterocycles. The van der Waals surface area contributed by atoms with Crippen LogP contribution in [-0.4, -0.2) is 71.6 Å². The molecule has 0 unspecified atom stereocenters. The fourth-order valence-corrected chi connectivity index (χ4v) is 4.22. The number of piperazine rings is 1. The summed E-state index contributed by atoms with van der Waals surface area (Å²) in [5.74, 6) is 0.229. The molecule has 2 aliphatic rings. The van der Waals surface area contributed by atoms with Crippen LogP contribution in [0.2, 0.25) is 0 Å². The highest BCUT2D eigenvalue weighted by Gasteiger charge is 2.29. The number of nitrogens with zero attached hydrogens (tertiary/aromatic N) is 5. The minimum atomic E-state index is -0.110. The van der Waals surface area contributed by atoms with Crippen LogP contribution in [0.4, 0.5) is 5.69 Å². The molecule has 7 heteroatoms. The maximum Gasteiger partial charge on any atom is 0.255 e. The number of amides is 1. The number of hydrogen-bond acceptors (Lipinski definition) is 5. The zero-order chi connectivity index (χ0) is 20.5. The summed E-state index contributed by atoms with van der Waals surface area (Å²) in [5.41, 5.74) is 3.79. The van der Waals surface area contributed by atoms with E-state index in [0.29, 0.717) is 18.7 Å². The Balaban J connectivity index is 1.49. The highest BCUT2D eigenvalue weighted by atomic mass is 16.2. The Morgan fingerprint density at radius 2 is 1.83 bits per heavy atom. The van der Waals surface area contributed by atoms with Gasteiger partial charge in [-0.15, -0.1) is 0 Å². The van der Waals surface area contributed by atoms with Crippen LogP contribution in [0.5, 0.6) is 0 Å². The number of aromatic nitrogens is 2. The van der Waals surface area contributed by atoms with Crippen molar-refractivity contribution in [2.75, 3.05) is 51.2 Å². The van der Waals surface area contributed by atoms with Gasteiger partial charge in [-0.05, 0) is 38.6 Å². The van der Waals surface area contributed by atoms with Crippen LogP contribution in [0.25, 0.3) is 0 Å². The molecule has 2 aromatic heterocycles. The van der Waals surface area contributed by atoms with Gasteiger partial charge in [-0.3, -0.25) is 14.6 Å². The Labute approximate surface area is 171 Å². The second-order valence-corrected chi connectivity index (χ2v) is 8.29. The lowest BCUT2D eigenvalue weighted by Gasteiger charge is -2.34. The van der Waals surface area contributed by atoms with E-state index in [-0.39, 0.29) is 17.4 Å². The van der Waals surface area contributed by atoms with Crippen molar-refractivity contribution < 1.29 is 4.79 Å². The number of carbonyl (C=O) groups excluding carboxylic acids is 1. The molecule has 29 heavy (non-hydrogen) atoms. The normalized spacial score (nSPS) is 20.3. The van der Waals surface area contributed by atoms with Crippen LogP contribution < -0.4 is 10.5 Å². The van der Waals surface area contributed by atoms with E-state index in [4.69, 9.17) is 4.98 Å². The second kappa shape index (κ2) is 7.99. The molecular weight excluding hydrogens is 366 g/mol. The second-order valence-electron chi connectivity index (χ2n) is 8.29. The van der Waals surface area contributed by atoms with Crippen LogP contribution >= 0.6 is 0 Å². The predicted octanol–water partition coefficient (Wildman–Crippen LogP) is 1.47. The van der Waals surface area contributed by atoms with E-state index in [9.17, 15) is 9.59 Å². The Bertz CT molecular complexity index is 962. The molecule has 2 aromatic rings. The molecule has 2 saturated heterocycles. The number of likely N-dealkylation sites (tertiary alicyclic amines) is 1. The Morgan fingerprint density at radius 3 is 2.55 bits per heavy atom. The van der Waals surface area contributed by atoms with Gasteiger partial charge in [0.05, 0.1) is 5.56 Å². The summed E-state index contributed by atoms with van der Waals surface area (Å²) in [6.07, 6.45) is 2.53. The molecule has 0 spiro atoms. The van der Waals surface area contributed by atoms with Crippen LogP contribution in [0.1, 0.15) is 34.1 Å². The predicted molar refractivity (Wildman–Crippen MR) is 114 cm³/mol. The van der Waals surface area contributed by atoms with E-state index in [1.54, 1.807) is 19.3 Å². The van der Waals surface area contributed by atoms with E-state index in [1.807, 2.05) is 11.8 Å². The van der Waals surface area contributed by atoms with E-state index >= 15 is 0 Å². The number of rotatable bonds is 3. The SMILES string of the molecule is Cc1cc(N2CCN(C)CC2)cc([C@H]2CCN(C(=O)c3ccc(=O)n(C)c3)C2)n1. The van der Waals surface area contributed by atoms with Crippen molar-refractivity contribution in [1.82, 2.24) is 19.4 Å². The van der Waals surface area contributed by atoms with Crippen molar-refractivity contribution in [2.45, 2.75) is 19.3 Å². The third-order valence-electron chi connectivity index (χ3n) is 6.05. The van der Waals surface area contributed by atoms with Crippen molar-refractivity contribution in [3.8, 4) is 0 Å². The minimum Gasteiger partial charge on any atom is -0.369 e. The smallest absolute Gasteiger partial charge is 0.255 e. The summed E-state index contributed by atoms with van der Waals surface area (Å²) in [6, 6.07) is 7.44. The fourth-order valence-electron chi connectivity index (χ4n) is 4.22. The van der Waals surface area contributed by atoms with Crippen molar-refractivity contribution in [3.63, 3.8) is 0 Å². The standard InChI is InChI=1S/C22H29N5O2/c1-16-12-19(26-10-8-24(2)9-11-26)13-20(23-16)17-6-7-27(15-17)22(29)18-4-5-21(28)25(3)14-18/h4-5,12-14,17H,6-11,15H2,1-3H3/t17-/m0/s1. The molecule has 4 rings (SSSR count). The molecular formula is C22H29N5O2. The topological polar surface area (TPSA) is 61.7 Å². The van der Waals surface area contributed by atoms with Gasteiger partial charge in [0.1, 0.15) is 0 Å². The van der Waals surface area contributed by atoms with E-state index < -0.39 is 0 Å². The summed E-state index contributed by atoms with van der Waals surface area (Å²) in [4.78, 5) is 35.9. The van der Waals surface area contributed by atoms with Crippen molar-refractivity contribution in [3.05, 3.63) is 57.8 Å². The van der Waals surface area contributed by atoms with Crippen LogP contribution in [0.3, 0.4) is 0 Å². The molecule has 1 atom stereocenters. The number of aryl methyl sites for hydroxylation is 2. The molecule has 0 aliphatic carbocycles. The number of carbonyl (C=O) groups is 1. The van der Waals surface area contributed by atoms with Gasteiger partial charge in [0, 0.05) is 81.6 Å². The van der Waals surface area contributed by atoms with E-state index in [1.165, 1.54) is 16.3 Å². The minimum absolute atomic E-state index is 0.0185. The number of pyridine rings is 2. The molecule has 0 aromatic carbocycles. The third kappa shape index (κ3) is 4.19. The molecule has 0 bridgehead atoms. The lowest BCUT2D eigenvalue weighted by molar-refractivity contribution is 0.0789. The number of likely N-dealkylation sites (N-methyl/N-ethyl adjacent to an activating group) is 1. The third-order valence-corrected chi connectivity index (χ3v) is 6.05. The largest absolute Gasteiger partial charge is 0.369 e. The molecule has 7 nitrogen and oxygen atoms in total. The number of anilines is 1. The van der Waals surface area contributed by atoms with Crippen molar-refractivity contribution in [1.29, 1.82) is 0 Å². The van der Waals surface area contributed by atoms with Gasteiger partial charge in [0.25, 0.3) is 5.91 Å². The highest BCUT2D eigenvalue weighted by molar-refractivity contribution is 5.94. The lowest BCUT2D eigenvalue weighted by Crippen LogP contribution is -2.44. The zero-order valence-electron chi connectivity index (χ0n) is 17.5. The Morgan fingerprint density at radius 1 is 1.07 bits per heavy atom. The van der Waals surface area contributed by atoms with Crippen molar-refractivity contribution in [2.24, 2.45) is 7.05 Å². The monoisotopic (exact) mass is 395 g/mol. The van der Waals surface area contributed by atoms with Gasteiger partial charge >= 0.3 is 0 Å². The molecule has 0 radical (unpaired) electrons. The molecule has 2 aliphatic heterocycles. The lowest BCUT2D eigenvalue weighted by atomic mass is 10.0. The van der Waals surface area contributed by atoms with Gasteiger partial charge in [-0.1, -0.05) is 0 Å². The van der Waals surface area contributed by atoms with E-state index in [2.05, 4.69) is 29.0 Å². The first-order valence-corrected chi connectivity index (χ1v) is 10.3. The van der Waals surface area contributed by atoms with Gasteiger partial charge < -0.3 is 19.3 Å². The first kappa shape index (κ1) is 19.6. The van der Waals surface area contributed by atoms with Crippen LogP contribution in [-0.2, 0) is 7.05 Å². The first-order valence-electron chi connectivity index (χ1n) is 10.3. The Hall–Kier alpha value is -2.67. The molecule has 154 valence electrons. The molecule has 1 amide bonds. The van der Waals surface area contributed by atoms with Gasteiger partial charge in [0.2, 0.25) is 5.56 Å². The molecule has 0 saturated carbocycles. The maximum absolute atomic E-state index is 12.9. The van der Waals surface area contributed by atoms with Gasteiger partial charge in [-0.25, -0.2) is 0 Å². The average molecular weight is 396 g/mol. The summed E-state index contributed by atoms with van der Waals surface area (Å²) >= 11 is 0. The quantitative estimate of drug-likeness (QED) is 0.788. The highest BCUT2D eigenvalue weighted by Crippen LogP contribution is 2.30. The fraction of sp³-hybridized carbons (Fsp3) is 0.500. The summed E-state index contributed by atoms with van der Waals surface area (Å²) < 4.78 is 1.45. The van der Waals surface area contributed by atoms with Crippen LogP contribution in [0.15, 0.2) is 35.3 Å².